The first-order valence-electron chi connectivity index (χ1n) is 12.9. The molecule has 5 rings (SSSR count). The van der Waals surface area contributed by atoms with Crippen molar-refractivity contribution in [2.75, 3.05) is 6.61 Å². The van der Waals surface area contributed by atoms with E-state index in [1.54, 1.807) is 5.57 Å². The normalized spacial score (nSPS) is 53.3. The Morgan fingerprint density at radius 1 is 1.10 bits per heavy atom. The molecule has 1 saturated heterocycles. The molecule has 3 saturated carbocycles. The van der Waals surface area contributed by atoms with Crippen molar-refractivity contribution in [2.24, 2.45) is 40.4 Å². The highest BCUT2D eigenvalue weighted by Crippen LogP contribution is 2.67. The van der Waals surface area contributed by atoms with Gasteiger partial charge in [0.25, 0.3) is 0 Å². The van der Waals surface area contributed by atoms with Crippen molar-refractivity contribution in [3.63, 3.8) is 0 Å². The zero-order valence-corrected chi connectivity index (χ0v) is 19.7. The van der Waals surface area contributed by atoms with E-state index >= 15 is 0 Å². The van der Waals surface area contributed by atoms with E-state index < -0.39 is 0 Å². The summed E-state index contributed by atoms with van der Waals surface area (Å²) >= 11 is 0. The fourth-order valence-electron chi connectivity index (χ4n) is 9.03. The molecular formula is C27H44O3. The molecule has 0 aromatic rings. The van der Waals surface area contributed by atoms with Crippen LogP contribution in [0.1, 0.15) is 91.9 Å². The van der Waals surface area contributed by atoms with Crippen molar-refractivity contribution in [1.29, 1.82) is 0 Å². The third-order valence-corrected chi connectivity index (χ3v) is 11.1. The fourth-order valence-corrected chi connectivity index (χ4v) is 9.03. The molecule has 0 aromatic heterocycles. The first-order valence-corrected chi connectivity index (χ1v) is 12.9. The van der Waals surface area contributed by atoms with Crippen LogP contribution in [0.3, 0.4) is 0 Å². The monoisotopic (exact) mass is 416 g/mol. The average molecular weight is 417 g/mol. The van der Waals surface area contributed by atoms with Crippen molar-refractivity contribution in [1.82, 2.24) is 0 Å². The number of epoxide rings is 1. The summed E-state index contributed by atoms with van der Waals surface area (Å²) in [7, 11) is 0. The van der Waals surface area contributed by atoms with E-state index in [0.29, 0.717) is 10.8 Å². The Morgan fingerprint density at radius 2 is 1.90 bits per heavy atom. The molecule has 170 valence electrons. The van der Waals surface area contributed by atoms with Gasteiger partial charge < -0.3 is 14.9 Å². The Hall–Kier alpha value is -0.380. The zero-order valence-electron chi connectivity index (χ0n) is 19.7. The molecule has 0 aromatic carbocycles. The number of aliphatic hydroxyl groups is 2. The Balaban J connectivity index is 1.28. The van der Waals surface area contributed by atoms with Crippen LogP contribution in [0.2, 0.25) is 0 Å². The van der Waals surface area contributed by atoms with Crippen molar-refractivity contribution >= 4 is 0 Å². The third-order valence-electron chi connectivity index (χ3n) is 11.1. The van der Waals surface area contributed by atoms with E-state index in [4.69, 9.17) is 4.74 Å². The topological polar surface area (TPSA) is 53.0 Å². The zero-order chi connectivity index (χ0) is 21.3. The van der Waals surface area contributed by atoms with Crippen molar-refractivity contribution in [3.05, 3.63) is 11.6 Å². The lowest BCUT2D eigenvalue weighted by Crippen LogP contribution is -2.50. The second-order valence-corrected chi connectivity index (χ2v) is 12.5. The van der Waals surface area contributed by atoms with Gasteiger partial charge in [-0.3, -0.25) is 0 Å². The van der Waals surface area contributed by atoms with Gasteiger partial charge in [-0.2, -0.15) is 0 Å². The molecule has 1 heterocycles. The molecule has 0 bridgehead atoms. The van der Waals surface area contributed by atoms with Crippen LogP contribution in [0.5, 0.6) is 0 Å². The molecule has 0 spiro atoms. The van der Waals surface area contributed by atoms with Crippen LogP contribution in [0.4, 0.5) is 0 Å². The molecule has 5 aliphatic rings. The van der Waals surface area contributed by atoms with Gasteiger partial charge in [-0.15, -0.1) is 0 Å². The van der Waals surface area contributed by atoms with Crippen LogP contribution in [0, 0.1) is 40.4 Å². The van der Waals surface area contributed by atoms with Gasteiger partial charge in [-0.1, -0.05) is 32.4 Å². The van der Waals surface area contributed by atoms with Gasteiger partial charge >= 0.3 is 0 Å². The Morgan fingerprint density at radius 3 is 2.63 bits per heavy atom. The molecule has 1 unspecified atom stereocenters. The van der Waals surface area contributed by atoms with Crippen LogP contribution in [-0.2, 0) is 4.74 Å². The van der Waals surface area contributed by atoms with E-state index in [9.17, 15) is 10.2 Å². The molecule has 10 atom stereocenters. The first-order chi connectivity index (χ1) is 14.2. The maximum Gasteiger partial charge on any atom is 0.115 e. The minimum Gasteiger partial charge on any atom is -0.393 e. The fraction of sp³-hybridized carbons (Fsp3) is 0.926. The number of fused-ring (bicyclic) bond motifs is 5. The Bertz CT molecular complexity index is 702. The minimum atomic E-state index is -0.255. The number of hydrogen-bond donors (Lipinski definition) is 2. The van der Waals surface area contributed by atoms with E-state index in [0.717, 1.165) is 48.9 Å². The molecule has 0 radical (unpaired) electrons. The summed E-state index contributed by atoms with van der Waals surface area (Å²) in [6, 6.07) is 0. The lowest BCUT2D eigenvalue weighted by Gasteiger charge is -2.58. The van der Waals surface area contributed by atoms with Crippen LogP contribution in [0.15, 0.2) is 11.6 Å². The molecule has 30 heavy (non-hydrogen) atoms. The molecule has 3 nitrogen and oxygen atoms in total. The third kappa shape index (κ3) is 3.17. The van der Waals surface area contributed by atoms with Crippen LogP contribution < -0.4 is 0 Å². The summed E-state index contributed by atoms with van der Waals surface area (Å²) < 4.78 is 5.76. The minimum absolute atomic E-state index is 0.102. The second kappa shape index (κ2) is 7.32. The van der Waals surface area contributed by atoms with Crippen LogP contribution in [-0.4, -0.2) is 34.6 Å². The lowest BCUT2D eigenvalue weighted by atomic mass is 9.47. The number of allylic oxidation sites excluding steroid dienone is 1. The quantitative estimate of drug-likeness (QED) is 0.460. The summed E-state index contributed by atoms with van der Waals surface area (Å²) in [6.45, 7) is 9.87. The van der Waals surface area contributed by atoms with E-state index in [1.165, 1.54) is 44.9 Å². The van der Waals surface area contributed by atoms with E-state index in [2.05, 4.69) is 26.8 Å². The number of ether oxygens (including phenoxy) is 1. The standard InChI is InChI=1S/C27H44O3/c1-17(5-10-24-27(4,16-28)30-24)21-8-9-22-20-7-6-18-15-19(29)11-13-25(18,2)23(20)12-14-26(21,22)3/h6,17,19-24,28-29H,5,7-16H2,1-4H3/t17-,19+,20+,21-,22+,23+,24+,25+,26-,27?/m1/s1. The largest absolute Gasteiger partial charge is 0.393 e. The van der Waals surface area contributed by atoms with Gasteiger partial charge in [0, 0.05) is 0 Å². The highest BCUT2D eigenvalue weighted by molar-refractivity contribution is 5.25. The highest BCUT2D eigenvalue weighted by atomic mass is 16.6. The smallest absolute Gasteiger partial charge is 0.115 e. The predicted molar refractivity (Wildman–Crippen MR) is 120 cm³/mol. The molecule has 2 N–H and O–H groups in total. The maximum absolute atomic E-state index is 10.2. The summed E-state index contributed by atoms with van der Waals surface area (Å²) in [5.74, 6) is 4.16. The maximum atomic E-state index is 10.2. The molecule has 3 heteroatoms. The van der Waals surface area contributed by atoms with Crippen molar-refractivity contribution < 1.29 is 14.9 Å². The summed E-state index contributed by atoms with van der Waals surface area (Å²) in [5.41, 5.74) is 2.19. The molecule has 1 aliphatic heterocycles. The van der Waals surface area contributed by atoms with Gasteiger partial charge in [-0.05, 0) is 112 Å². The predicted octanol–water partition coefficient (Wildman–Crippen LogP) is 5.49. The Labute approximate surface area is 183 Å². The van der Waals surface area contributed by atoms with Crippen LogP contribution in [0.25, 0.3) is 0 Å². The summed E-state index contributed by atoms with van der Waals surface area (Å²) in [4.78, 5) is 0. The molecular weight excluding hydrogens is 372 g/mol. The van der Waals surface area contributed by atoms with Crippen LogP contribution >= 0.6 is 0 Å². The number of hydrogen-bond acceptors (Lipinski definition) is 3. The SMILES string of the molecule is C[C@H](CC[C@@H]1OC1(C)CO)[C@H]1CC[C@H]2[C@@H]3CC=C4C[C@@H](O)CC[C@]4(C)[C@H]3CC[C@]12C. The van der Waals surface area contributed by atoms with Crippen molar-refractivity contribution in [3.8, 4) is 0 Å². The molecule has 4 aliphatic carbocycles. The lowest BCUT2D eigenvalue weighted by molar-refractivity contribution is -0.0573. The van der Waals surface area contributed by atoms with Gasteiger partial charge in [0.15, 0.2) is 0 Å². The Kier molecular flexibility index (Phi) is 5.24. The first kappa shape index (κ1) is 21.5. The highest BCUT2D eigenvalue weighted by Gasteiger charge is 2.59. The van der Waals surface area contributed by atoms with Gasteiger partial charge in [0.05, 0.1) is 18.8 Å². The van der Waals surface area contributed by atoms with Gasteiger partial charge in [0.1, 0.15) is 5.60 Å². The molecule has 4 fully saturated rings. The number of aliphatic hydroxyl groups excluding tert-OH is 2. The summed E-state index contributed by atoms with van der Waals surface area (Å²) in [6.07, 6.45) is 15.1. The number of rotatable bonds is 5. The summed E-state index contributed by atoms with van der Waals surface area (Å²) in [5, 5.41) is 19.7. The van der Waals surface area contributed by atoms with E-state index in [1.807, 2.05) is 6.92 Å². The second-order valence-electron chi connectivity index (χ2n) is 12.5. The van der Waals surface area contributed by atoms with Crippen molar-refractivity contribution in [2.45, 2.75) is 110 Å². The average Bonchev–Trinajstić information content (AvgIpc) is 3.24. The van der Waals surface area contributed by atoms with Gasteiger partial charge in [0.2, 0.25) is 0 Å². The van der Waals surface area contributed by atoms with Gasteiger partial charge in [-0.25, -0.2) is 0 Å². The van der Waals surface area contributed by atoms with E-state index in [-0.39, 0.29) is 24.4 Å². The molecule has 0 amide bonds.